The lowest BCUT2D eigenvalue weighted by molar-refractivity contribution is 0.379. The fourth-order valence-corrected chi connectivity index (χ4v) is 0. The summed E-state index contributed by atoms with van der Waals surface area (Å²) in [5.74, 6) is 0. The van der Waals surface area contributed by atoms with Gasteiger partial charge in [-0.15, -0.1) is 0 Å². The van der Waals surface area contributed by atoms with Crippen molar-refractivity contribution in [3.05, 3.63) is 0 Å². The molecule has 12 N–H and O–H groups in total. The molecule has 0 saturated carbocycles. The third-order valence-corrected chi connectivity index (χ3v) is 0.372. The minimum absolute atomic E-state index is 0.162. The van der Waals surface area contributed by atoms with E-state index in [9.17, 15) is 18.3 Å². The number of nitrogens with two attached hydrogens (primary N) is 2. The van der Waals surface area contributed by atoms with Crippen LogP contribution in [0.4, 0.5) is 0 Å². The fourth-order valence-electron chi connectivity index (χ4n) is 0. The van der Waals surface area contributed by atoms with Crippen molar-refractivity contribution in [2.24, 2.45) is 11.5 Å². The van der Waals surface area contributed by atoms with Gasteiger partial charge in [-0.3, -0.25) is 18.3 Å². The van der Waals surface area contributed by atoms with E-state index >= 15 is 0 Å². The monoisotopic (exact) mass is 458 g/mol. The molecule has 0 saturated heterocycles. The summed E-state index contributed by atoms with van der Waals surface area (Å²) in [5.41, 5.74) is 10.2. The Bertz CT molecular complexity index is 361. The molecule has 0 aliphatic carbocycles. The summed E-state index contributed by atoms with van der Waals surface area (Å²) in [6.07, 6.45) is 0. The second-order valence-electron chi connectivity index (χ2n) is 4.55. The van der Waals surface area contributed by atoms with Crippen molar-refractivity contribution in [3.8, 4) is 0 Å². The Morgan fingerprint density at radius 2 is 0.680 bits per heavy atom. The molecule has 25 heavy (non-hydrogen) atoms. The van der Waals surface area contributed by atoms with E-state index < -0.39 is 30.4 Å². The highest BCUT2D eigenvalue weighted by molar-refractivity contribution is 7.51. The van der Waals surface area contributed by atoms with Gasteiger partial charge in [-0.25, -0.2) is 0 Å². The maximum absolute atomic E-state index is 9.33. The highest BCUT2D eigenvalue weighted by atomic mass is 31.2. The van der Waals surface area contributed by atoms with Gasteiger partial charge in [0, 0.05) is 39.2 Å². The van der Waals surface area contributed by atoms with Crippen LogP contribution in [0.15, 0.2) is 0 Å². The van der Waals surface area contributed by atoms with E-state index in [1.54, 1.807) is 0 Å². The highest BCUT2D eigenvalue weighted by Crippen LogP contribution is 2.27. The van der Waals surface area contributed by atoms with E-state index in [4.69, 9.17) is 50.6 Å². The Kier molecular flexibility index (Phi) is 24.3. The zero-order valence-electron chi connectivity index (χ0n) is 14.4. The molecule has 1 atom stereocenters. The molecular formula is C7H30N2O12P4. The molecule has 0 aliphatic heterocycles. The van der Waals surface area contributed by atoms with Gasteiger partial charge in [-0.2, -0.15) is 0 Å². The number of hydrogen-bond acceptors (Lipinski definition) is 6. The van der Waals surface area contributed by atoms with E-state index in [0.29, 0.717) is 6.54 Å². The Labute approximate surface area is 146 Å². The van der Waals surface area contributed by atoms with Crippen molar-refractivity contribution in [1.82, 2.24) is 0 Å². The van der Waals surface area contributed by atoms with Crippen LogP contribution >= 0.6 is 30.4 Å². The van der Waals surface area contributed by atoms with Gasteiger partial charge in [0.15, 0.2) is 0 Å². The van der Waals surface area contributed by atoms with Gasteiger partial charge in [0.1, 0.15) is 0 Å². The molecule has 160 valence electrons. The van der Waals surface area contributed by atoms with Crippen LogP contribution in [-0.2, 0) is 18.3 Å². The molecule has 0 aromatic rings. The van der Waals surface area contributed by atoms with E-state index in [-0.39, 0.29) is 6.04 Å². The summed E-state index contributed by atoms with van der Waals surface area (Å²) in [7, 11) is -14.6. The van der Waals surface area contributed by atoms with Crippen molar-refractivity contribution < 1.29 is 57.4 Å². The van der Waals surface area contributed by atoms with Gasteiger partial charge in [0.2, 0.25) is 0 Å². The number of rotatable bonds is 1. The Hall–Kier alpha value is 0.520. The predicted molar refractivity (Wildman–Crippen MR) is 94.6 cm³/mol. The molecule has 0 aliphatic rings. The van der Waals surface area contributed by atoms with Crippen LogP contribution < -0.4 is 11.5 Å². The lowest BCUT2D eigenvalue weighted by Gasteiger charge is -1.92. The van der Waals surface area contributed by atoms with Gasteiger partial charge in [0.05, 0.1) is 0 Å². The first-order valence-electron chi connectivity index (χ1n) is 5.85. The lowest BCUT2D eigenvalue weighted by atomic mass is 10.4. The molecule has 0 aromatic heterocycles. The Morgan fingerprint density at radius 1 is 0.640 bits per heavy atom. The second kappa shape index (κ2) is 16.7. The molecule has 1 unspecified atom stereocenters. The summed E-state index contributed by atoms with van der Waals surface area (Å²) in [6, 6.07) is 0.162. The molecule has 0 bridgehead atoms. The first-order valence-corrected chi connectivity index (χ1v) is 14.1. The van der Waals surface area contributed by atoms with E-state index in [0.717, 1.165) is 26.7 Å². The molecule has 18 heteroatoms. The minimum Gasteiger partial charge on any atom is -0.329 e. The average molecular weight is 458 g/mol. The summed E-state index contributed by atoms with van der Waals surface area (Å²) in [6.45, 7) is 5.88. The first kappa shape index (κ1) is 36.4. The molecule has 0 heterocycles. The van der Waals surface area contributed by atoms with Gasteiger partial charge >= 0.3 is 30.4 Å². The molecule has 0 aromatic carbocycles. The molecule has 0 spiro atoms. The van der Waals surface area contributed by atoms with Gasteiger partial charge in [0.25, 0.3) is 0 Å². The van der Waals surface area contributed by atoms with Crippen molar-refractivity contribution in [1.29, 1.82) is 0 Å². The zero-order chi connectivity index (χ0) is 22.3. The fraction of sp³-hybridized carbons (Fsp3) is 1.00. The van der Waals surface area contributed by atoms with Gasteiger partial charge in [-0.05, 0) is 6.92 Å². The smallest absolute Gasteiger partial charge is 0.322 e. The van der Waals surface area contributed by atoms with Crippen LogP contribution in [0.5, 0.6) is 0 Å². The van der Waals surface area contributed by atoms with Crippen molar-refractivity contribution >= 4 is 30.4 Å². The van der Waals surface area contributed by atoms with Crippen molar-refractivity contribution in [2.75, 3.05) is 33.2 Å². The SMILES string of the molecule is CC(N)CN.CP(=O)(O)O.CP(=O)(O)O.CP(=O)(O)O.CP(=O)(O)O. The molecule has 0 rings (SSSR count). The molecule has 0 fully saturated rings. The maximum Gasteiger partial charge on any atom is 0.322 e. The Morgan fingerprint density at radius 3 is 0.680 bits per heavy atom. The maximum atomic E-state index is 9.33. The molecule has 0 amide bonds. The summed E-state index contributed by atoms with van der Waals surface area (Å²) in [5, 5.41) is 0. The third kappa shape index (κ3) is 1960. The van der Waals surface area contributed by atoms with E-state index in [1.807, 2.05) is 6.92 Å². The van der Waals surface area contributed by atoms with Crippen molar-refractivity contribution in [3.63, 3.8) is 0 Å². The summed E-state index contributed by atoms with van der Waals surface area (Å²) < 4.78 is 37.3. The second-order valence-corrected chi connectivity index (χ2v) is 11.2. The first-order chi connectivity index (χ1) is 10.3. The molecule has 14 nitrogen and oxygen atoms in total. The quantitative estimate of drug-likeness (QED) is 0.200. The summed E-state index contributed by atoms with van der Waals surface area (Å²) >= 11 is 0. The van der Waals surface area contributed by atoms with Crippen LogP contribution in [-0.4, -0.2) is 78.4 Å². The molecular weight excluding hydrogens is 428 g/mol. The van der Waals surface area contributed by atoms with Crippen molar-refractivity contribution in [2.45, 2.75) is 13.0 Å². The highest BCUT2D eigenvalue weighted by Gasteiger charge is 1.96. The van der Waals surface area contributed by atoms with Crippen LogP contribution in [0.3, 0.4) is 0 Å². The topological polar surface area (TPSA) is 282 Å². The number of hydrogen-bond donors (Lipinski definition) is 10. The van der Waals surface area contributed by atoms with Crippen LogP contribution in [0.25, 0.3) is 0 Å². The zero-order valence-corrected chi connectivity index (χ0v) is 18.0. The largest absolute Gasteiger partial charge is 0.329 e. The van der Waals surface area contributed by atoms with Crippen LogP contribution in [0.1, 0.15) is 6.92 Å². The minimum atomic E-state index is -3.64. The average Bonchev–Trinajstić information content (AvgIpc) is 2.05. The summed E-state index contributed by atoms with van der Waals surface area (Å²) in [4.78, 5) is 61.1. The standard InChI is InChI=1S/C3H10N2.4CH5O3P/c1-3(5)2-4;4*1-5(2,3)4/h3H,2,4-5H2,1H3;4*1H3,(H2,2,3,4). The van der Waals surface area contributed by atoms with Gasteiger partial charge < -0.3 is 50.6 Å². The molecule has 0 radical (unpaired) electrons. The Balaban J connectivity index is -0.0000000667. The predicted octanol–water partition coefficient (Wildman–Crippen LogP) is -1.53. The third-order valence-electron chi connectivity index (χ3n) is 0.372. The van der Waals surface area contributed by atoms with Crippen LogP contribution in [0.2, 0.25) is 0 Å². The van der Waals surface area contributed by atoms with Gasteiger partial charge in [-0.1, -0.05) is 0 Å². The lowest BCUT2D eigenvalue weighted by Crippen LogP contribution is -2.25. The van der Waals surface area contributed by atoms with Crippen LogP contribution in [0, 0.1) is 0 Å². The van der Waals surface area contributed by atoms with E-state index in [1.165, 1.54) is 0 Å². The van der Waals surface area contributed by atoms with E-state index in [2.05, 4.69) is 0 Å². The normalized spacial score (nSPS) is 12.4.